The van der Waals surface area contributed by atoms with Gasteiger partial charge in [0.15, 0.2) is 0 Å². The van der Waals surface area contributed by atoms with Crippen molar-refractivity contribution in [3.8, 4) is 0 Å². The number of nitrogens with one attached hydrogen (secondary N) is 1. The zero-order chi connectivity index (χ0) is 9.54. The second kappa shape index (κ2) is 3.37. The van der Waals surface area contributed by atoms with E-state index in [1.54, 1.807) is 0 Å². The molecule has 1 heterocycles. The van der Waals surface area contributed by atoms with Crippen molar-refractivity contribution in [2.75, 3.05) is 0 Å². The van der Waals surface area contributed by atoms with Crippen LogP contribution >= 0.6 is 0 Å². The standard InChI is InChI=1S/C13H21N/c1-9-5-4-7-11-10-6-2-3-8-12(10)14-13(9)11/h2,6,9-14H,3-5,7-8H2,1H3. The number of hydrogen-bond acceptors (Lipinski definition) is 1. The molecule has 3 aliphatic rings. The molecule has 2 fully saturated rings. The highest BCUT2D eigenvalue weighted by atomic mass is 15.0. The Balaban J connectivity index is 1.84. The summed E-state index contributed by atoms with van der Waals surface area (Å²) in [6.07, 6.45) is 11.9. The molecule has 1 aliphatic heterocycles. The predicted octanol–water partition coefficient (Wildman–Crippen LogP) is 2.73. The summed E-state index contributed by atoms with van der Waals surface area (Å²) in [5, 5.41) is 3.89. The molecule has 14 heavy (non-hydrogen) atoms. The van der Waals surface area contributed by atoms with Crippen LogP contribution in [0.5, 0.6) is 0 Å². The minimum absolute atomic E-state index is 0.815. The van der Waals surface area contributed by atoms with Gasteiger partial charge in [0.2, 0.25) is 0 Å². The maximum Gasteiger partial charge on any atom is 0.0139 e. The highest BCUT2D eigenvalue weighted by molar-refractivity contribution is 5.11. The maximum absolute atomic E-state index is 3.89. The Bertz CT molecular complexity index is 246. The first-order valence-corrected chi connectivity index (χ1v) is 6.29. The van der Waals surface area contributed by atoms with Gasteiger partial charge in [-0.1, -0.05) is 25.5 Å². The summed E-state index contributed by atoms with van der Waals surface area (Å²) in [6.45, 7) is 2.44. The molecule has 2 aliphatic carbocycles. The Hall–Kier alpha value is -0.300. The highest BCUT2D eigenvalue weighted by Crippen LogP contribution is 2.43. The molecule has 0 radical (unpaired) electrons. The van der Waals surface area contributed by atoms with Gasteiger partial charge in [-0.25, -0.2) is 0 Å². The number of hydrogen-bond donors (Lipinski definition) is 1. The van der Waals surface area contributed by atoms with Gasteiger partial charge in [0.25, 0.3) is 0 Å². The Kier molecular flexibility index (Phi) is 2.16. The molecule has 78 valence electrons. The van der Waals surface area contributed by atoms with E-state index in [4.69, 9.17) is 0 Å². The van der Waals surface area contributed by atoms with Crippen molar-refractivity contribution in [1.82, 2.24) is 5.32 Å². The Morgan fingerprint density at radius 2 is 2.14 bits per heavy atom. The van der Waals surface area contributed by atoms with Crippen LogP contribution in [-0.4, -0.2) is 12.1 Å². The molecule has 5 atom stereocenters. The fraction of sp³-hybridized carbons (Fsp3) is 0.846. The van der Waals surface area contributed by atoms with Crippen LogP contribution in [0.25, 0.3) is 0 Å². The molecule has 1 N–H and O–H groups in total. The van der Waals surface area contributed by atoms with Crippen LogP contribution in [0.3, 0.4) is 0 Å². The third-order valence-electron chi connectivity index (χ3n) is 4.64. The number of rotatable bonds is 0. The van der Waals surface area contributed by atoms with Gasteiger partial charge >= 0.3 is 0 Å². The molecule has 0 amide bonds. The minimum atomic E-state index is 0.815. The van der Waals surface area contributed by atoms with Crippen LogP contribution in [0.4, 0.5) is 0 Å². The molecule has 1 saturated heterocycles. The van der Waals surface area contributed by atoms with Gasteiger partial charge in [0, 0.05) is 12.1 Å². The first-order valence-electron chi connectivity index (χ1n) is 6.29. The normalized spacial score (nSPS) is 51.4. The zero-order valence-corrected chi connectivity index (χ0v) is 9.08. The van der Waals surface area contributed by atoms with Crippen molar-refractivity contribution >= 4 is 0 Å². The molecule has 5 unspecified atom stereocenters. The van der Waals surface area contributed by atoms with Crippen LogP contribution in [0, 0.1) is 17.8 Å². The van der Waals surface area contributed by atoms with Crippen LogP contribution in [0.2, 0.25) is 0 Å². The summed E-state index contributed by atoms with van der Waals surface area (Å²) in [7, 11) is 0. The lowest BCUT2D eigenvalue weighted by Gasteiger charge is -2.33. The Labute approximate surface area is 87.0 Å². The van der Waals surface area contributed by atoms with E-state index >= 15 is 0 Å². The van der Waals surface area contributed by atoms with Crippen molar-refractivity contribution in [2.24, 2.45) is 17.8 Å². The van der Waals surface area contributed by atoms with Crippen molar-refractivity contribution in [2.45, 2.75) is 51.1 Å². The summed E-state index contributed by atoms with van der Waals surface area (Å²) in [5.74, 6) is 2.74. The van der Waals surface area contributed by atoms with E-state index in [1.165, 1.54) is 32.1 Å². The van der Waals surface area contributed by atoms with Crippen molar-refractivity contribution in [3.05, 3.63) is 12.2 Å². The van der Waals surface area contributed by atoms with Crippen molar-refractivity contribution in [1.29, 1.82) is 0 Å². The fourth-order valence-electron chi connectivity index (χ4n) is 3.91. The van der Waals surface area contributed by atoms with Gasteiger partial charge in [-0.15, -0.1) is 0 Å². The first kappa shape index (κ1) is 8.96. The largest absolute Gasteiger partial charge is 0.310 e. The van der Waals surface area contributed by atoms with Crippen LogP contribution in [0.1, 0.15) is 39.0 Å². The van der Waals surface area contributed by atoms with E-state index in [1.807, 2.05) is 0 Å². The van der Waals surface area contributed by atoms with E-state index in [-0.39, 0.29) is 0 Å². The highest BCUT2D eigenvalue weighted by Gasteiger charge is 2.45. The molecule has 0 spiro atoms. The fourth-order valence-corrected chi connectivity index (χ4v) is 3.91. The molecule has 1 nitrogen and oxygen atoms in total. The molecule has 0 bridgehead atoms. The zero-order valence-electron chi connectivity index (χ0n) is 9.08. The quantitative estimate of drug-likeness (QED) is 0.581. The maximum atomic E-state index is 3.89. The SMILES string of the molecule is CC1CCCC2C3C=CCCC3NC12. The average Bonchev–Trinajstić information content (AvgIpc) is 2.59. The molecular weight excluding hydrogens is 170 g/mol. The van der Waals surface area contributed by atoms with Gasteiger partial charge in [0.05, 0.1) is 0 Å². The lowest BCUT2D eigenvalue weighted by molar-refractivity contribution is 0.227. The summed E-state index contributed by atoms with van der Waals surface area (Å²) in [5.41, 5.74) is 0. The second-order valence-electron chi connectivity index (χ2n) is 5.45. The summed E-state index contributed by atoms with van der Waals surface area (Å²) < 4.78 is 0. The summed E-state index contributed by atoms with van der Waals surface area (Å²) in [6, 6.07) is 1.65. The second-order valence-corrected chi connectivity index (χ2v) is 5.45. The van der Waals surface area contributed by atoms with E-state index in [0.717, 1.165) is 29.8 Å². The molecule has 0 aromatic carbocycles. The lowest BCUT2D eigenvalue weighted by Crippen LogP contribution is -2.38. The van der Waals surface area contributed by atoms with Gasteiger partial charge in [-0.3, -0.25) is 0 Å². The third kappa shape index (κ3) is 1.25. The van der Waals surface area contributed by atoms with E-state index in [9.17, 15) is 0 Å². The minimum Gasteiger partial charge on any atom is -0.310 e. The Morgan fingerprint density at radius 3 is 3.07 bits per heavy atom. The van der Waals surface area contributed by atoms with Crippen molar-refractivity contribution in [3.63, 3.8) is 0 Å². The van der Waals surface area contributed by atoms with E-state index < -0.39 is 0 Å². The average molecular weight is 191 g/mol. The lowest BCUT2D eigenvalue weighted by atomic mass is 9.73. The first-order chi connectivity index (χ1) is 6.86. The van der Waals surface area contributed by atoms with Gasteiger partial charge in [-0.2, -0.15) is 0 Å². The molecule has 1 heteroatoms. The summed E-state index contributed by atoms with van der Waals surface area (Å²) in [4.78, 5) is 0. The van der Waals surface area contributed by atoms with Gasteiger partial charge in [0.1, 0.15) is 0 Å². The number of allylic oxidation sites excluding steroid dienone is 1. The molecule has 0 aromatic heterocycles. The monoisotopic (exact) mass is 191 g/mol. The topological polar surface area (TPSA) is 12.0 Å². The van der Waals surface area contributed by atoms with Crippen LogP contribution in [-0.2, 0) is 0 Å². The predicted molar refractivity (Wildman–Crippen MR) is 59.1 cm³/mol. The van der Waals surface area contributed by atoms with Crippen molar-refractivity contribution < 1.29 is 0 Å². The Morgan fingerprint density at radius 1 is 1.21 bits per heavy atom. The summed E-state index contributed by atoms with van der Waals surface area (Å²) >= 11 is 0. The third-order valence-corrected chi connectivity index (χ3v) is 4.64. The molecule has 3 rings (SSSR count). The molecule has 1 saturated carbocycles. The van der Waals surface area contributed by atoms with Crippen LogP contribution in [0.15, 0.2) is 12.2 Å². The van der Waals surface area contributed by atoms with Crippen LogP contribution < -0.4 is 5.32 Å². The van der Waals surface area contributed by atoms with E-state index in [2.05, 4.69) is 24.4 Å². The molecule has 0 aromatic rings. The van der Waals surface area contributed by atoms with E-state index in [0.29, 0.717) is 0 Å². The van der Waals surface area contributed by atoms with Gasteiger partial charge < -0.3 is 5.32 Å². The smallest absolute Gasteiger partial charge is 0.0139 e. The molecular formula is C13H21N. The number of fused-ring (bicyclic) bond motifs is 3. The van der Waals surface area contributed by atoms with Gasteiger partial charge in [-0.05, 0) is 43.4 Å².